The van der Waals surface area contributed by atoms with Gasteiger partial charge in [-0.05, 0) is 12.8 Å². The predicted molar refractivity (Wildman–Crippen MR) is 51.6 cm³/mol. The van der Waals surface area contributed by atoms with Gasteiger partial charge in [-0.3, -0.25) is 14.3 Å². The molecule has 1 saturated heterocycles. The standard InChI is InChI=1S/C9H12N2O4/c12-6-1-2-8(15-5-6)11-4-3-7(13)10-9(11)14/h3-4,6,8,12H,1-2,5H2,(H,10,13,14)/t6-,8+/m0/s1. The van der Waals surface area contributed by atoms with Crippen molar-refractivity contribution in [3.8, 4) is 0 Å². The maximum atomic E-state index is 11.4. The first-order chi connectivity index (χ1) is 7.16. The van der Waals surface area contributed by atoms with Crippen molar-refractivity contribution in [2.75, 3.05) is 6.61 Å². The molecule has 15 heavy (non-hydrogen) atoms. The number of aliphatic hydroxyl groups is 1. The largest absolute Gasteiger partial charge is 0.391 e. The molecule has 1 aromatic rings. The van der Waals surface area contributed by atoms with Gasteiger partial charge in [0.25, 0.3) is 5.56 Å². The zero-order valence-corrected chi connectivity index (χ0v) is 8.05. The molecule has 0 amide bonds. The van der Waals surface area contributed by atoms with E-state index in [9.17, 15) is 14.7 Å². The third kappa shape index (κ3) is 2.16. The lowest BCUT2D eigenvalue weighted by Gasteiger charge is -2.27. The Bertz CT molecular complexity index is 442. The van der Waals surface area contributed by atoms with Crippen LogP contribution in [0.2, 0.25) is 0 Å². The molecule has 0 aromatic carbocycles. The number of aliphatic hydroxyl groups excluding tert-OH is 1. The van der Waals surface area contributed by atoms with Crippen molar-refractivity contribution >= 4 is 0 Å². The number of ether oxygens (including phenoxy) is 1. The van der Waals surface area contributed by atoms with E-state index in [2.05, 4.69) is 4.98 Å². The van der Waals surface area contributed by atoms with Crippen LogP contribution in [0.25, 0.3) is 0 Å². The summed E-state index contributed by atoms with van der Waals surface area (Å²) in [6.07, 6.45) is 1.71. The van der Waals surface area contributed by atoms with Gasteiger partial charge in [-0.25, -0.2) is 4.79 Å². The van der Waals surface area contributed by atoms with Crippen molar-refractivity contribution in [3.63, 3.8) is 0 Å². The van der Waals surface area contributed by atoms with Crippen LogP contribution in [0, 0.1) is 0 Å². The van der Waals surface area contributed by atoms with E-state index in [1.54, 1.807) is 0 Å². The first-order valence-electron chi connectivity index (χ1n) is 4.78. The van der Waals surface area contributed by atoms with Gasteiger partial charge in [0.1, 0.15) is 6.23 Å². The molecule has 0 spiro atoms. The summed E-state index contributed by atoms with van der Waals surface area (Å²) >= 11 is 0. The summed E-state index contributed by atoms with van der Waals surface area (Å²) in [4.78, 5) is 24.4. The van der Waals surface area contributed by atoms with Crippen LogP contribution in [-0.4, -0.2) is 27.4 Å². The minimum absolute atomic E-state index is 0.218. The highest BCUT2D eigenvalue weighted by Gasteiger charge is 2.21. The van der Waals surface area contributed by atoms with E-state index in [-0.39, 0.29) is 6.61 Å². The summed E-state index contributed by atoms with van der Waals surface area (Å²) < 4.78 is 6.61. The Balaban J connectivity index is 2.23. The van der Waals surface area contributed by atoms with Crippen LogP contribution in [0.15, 0.2) is 21.9 Å². The molecular weight excluding hydrogens is 200 g/mol. The predicted octanol–water partition coefficient (Wildman–Crippen LogP) is -0.794. The number of nitrogens with zero attached hydrogens (tertiary/aromatic N) is 1. The van der Waals surface area contributed by atoms with Gasteiger partial charge in [0.05, 0.1) is 12.7 Å². The molecule has 1 aliphatic heterocycles. The van der Waals surface area contributed by atoms with E-state index < -0.39 is 23.6 Å². The summed E-state index contributed by atoms with van der Waals surface area (Å²) in [6.45, 7) is 0.218. The highest BCUT2D eigenvalue weighted by Crippen LogP contribution is 2.20. The van der Waals surface area contributed by atoms with Crippen molar-refractivity contribution in [1.82, 2.24) is 9.55 Å². The van der Waals surface area contributed by atoms with Crippen LogP contribution in [-0.2, 0) is 4.74 Å². The van der Waals surface area contributed by atoms with Gasteiger partial charge in [-0.15, -0.1) is 0 Å². The van der Waals surface area contributed by atoms with Gasteiger partial charge >= 0.3 is 5.69 Å². The average Bonchev–Trinajstić information content (AvgIpc) is 2.20. The molecule has 6 heteroatoms. The van der Waals surface area contributed by atoms with Crippen molar-refractivity contribution < 1.29 is 9.84 Å². The number of hydrogen-bond acceptors (Lipinski definition) is 4. The smallest absolute Gasteiger partial charge is 0.330 e. The Kier molecular flexibility index (Phi) is 2.70. The van der Waals surface area contributed by atoms with Crippen LogP contribution >= 0.6 is 0 Å². The monoisotopic (exact) mass is 212 g/mol. The molecule has 0 radical (unpaired) electrons. The molecule has 1 aliphatic rings. The number of aromatic nitrogens is 2. The second kappa shape index (κ2) is 4.00. The van der Waals surface area contributed by atoms with Crippen LogP contribution in [0.1, 0.15) is 19.1 Å². The first-order valence-corrected chi connectivity index (χ1v) is 4.78. The number of nitrogens with one attached hydrogen (secondary N) is 1. The molecule has 0 aliphatic carbocycles. The third-order valence-electron chi connectivity index (χ3n) is 2.39. The molecule has 2 atom stereocenters. The zero-order valence-electron chi connectivity index (χ0n) is 8.05. The van der Waals surface area contributed by atoms with Gasteiger partial charge in [0.15, 0.2) is 0 Å². The normalized spacial score (nSPS) is 26.5. The van der Waals surface area contributed by atoms with Crippen LogP contribution in [0.3, 0.4) is 0 Å². The van der Waals surface area contributed by atoms with E-state index in [0.717, 1.165) is 0 Å². The second-order valence-corrected chi connectivity index (χ2v) is 3.54. The highest BCUT2D eigenvalue weighted by atomic mass is 16.5. The topological polar surface area (TPSA) is 84.3 Å². The summed E-state index contributed by atoms with van der Waals surface area (Å²) in [6, 6.07) is 1.27. The molecule has 0 unspecified atom stereocenters. The molecule has 0 bridgehead atoms. The van der Waals surface area contributed by atoms with Crippen LogP contribution < -0.4 is 11.2 Å². The van der Waals surface area contributed by atoms with Gasteiger partial charge in [-0.2, -0.15) is 0 Å². The van der Waals surface area contributed by atoms with E-state index in [1.807, 2.05) is 0 Å². The Labute approximate surface area is 85.1 Å². The Morgan fingerprint density at radius 3 is 2.87 bits per heavy atom. The van der Waals surface area contributed by atoms with E-state index >= 15 is 0 Å². The van der Waals surface area contributed by atoms with Gasteiger partial charge < -0.3 is 9.84 Å². The lowest BCUT2D eigenvalue weighted by atomic mass is 10.1. The van der Waals surface area contributed by atoms with Crippen molar-refractivity contribution in [2.45, 2.75) is 25.2 Å². The molecule has 6 nitrogen and oxygen atoms in total. The summed E-state index contributed by atoms with van der Waals surface area (Å²) in [5, 5.41) is 9.22. The average molecular weight is 212 g/mol. The Hall–Kier alpha value is -1.40. The van der Waals surface area contributed by atoms with E-state index in [1.165, 1.54) is 16.8 Å². The summed E-state index contributed by atoms with van der Waals surface area (Å²) in [7, 11) is 0. The van der Waals surface area contributed by atoms with E-state index in [4.69, 9.17) is 4.74 Å². The summed E-state index contributed by atoms with van der Waals surface area (Å²) in [5.41, 5.74) is -0.906. The van der Waals surface area contributed by atoms with Crippen LogP contribution in [0.5, 0.6) is 0 Å². The van der Waals surface area contributed by atoms with Crippen LogP contribution in [0.4, 0.5) is 0 Å². The fourth-order valence-electron chi connectivity index (χ4n) is 1.60. The second-order valence-electron chi connectivity index (χ2n) is 3.54. The van der Waals surface area contributed by atoms with Gasteiger partial charge in [-0.1, -0.05) is 0 Å². The molecule has 2 N–H and O–H groups in total. The number of H-pyrrole nitrogens is 1. The number of rotatable bonds is 1. The minimum atomic E-state index is -0.483. The maximum absolute atomic E-state index is 11.4. The highest BCUT2D eigenvalue weighted by molar-refractivity contribution is 4.85. The molecule has 2 rings (SSSR count). The number of aromatic amines is 1. The van der Waals surface area contributed by atoms with Gasteiger partial charge in [0, 0.05) is 12.3 Å². The Morgan fingerprint density at radius 1 is 1.47 bits per heavy atom. The first kappa shape index (κ1) is 10.1. The lowest BCUT2D eigenvalue weighted by molar-refractivity contribution is -0.0905. The molecule has 82 valence electrons. The molecular formula is C9H12N2O4. The molecule has 0 saturated carbocycles. The third-order valence-corrected chi connectivity index (χ3v) is 2.39. The van der Waals surface area contributed by atoms with Crippen molar-refractivity contribution in [3.05, 3.63) is 33.1 Å². The zero-order chi connectivity index (χ0) is 10.8. The van der Waals surface area contributed by atoms with Gasteiger partial charge in [0.2, 0.25) is 0 Å². The maximum Gasteiger partial charge on any atom is 0.330 e. The quantitative estimate of drug-likeness (QED) is 0.638. The Morgan fingerprint density at radius 2 is 2.27 bits per heavy atom. The van der Waals surface area contributed by atoms with E-state index in [0.29, 0.717) is 12.8 Å². The van der Waals surface area contributed by atoms with Crippen molar-refractivity contribution in [2.24, 2.45) is 0 Å². The SMILES string of the molecule is O=c1ccn([C@H]2CC[C@H](O)CO2)c(=O)[nH]1. The minimum Gasteiger partial charge on any atom is -0.391 e. The molecule has 1 fully saturated rings. The fourth-order valence-corrected chi connectivity index (χ4v) is 1.60. The summed E-state index contributed by atoms with van der Waals surface area (Å²) in [5.74, 6) is 0. The fraction of sp³-hybridized carbons (Fsp3) is 0.556. The number of hydrogen-bond donors (Lipinski definition) is 2. The molecule has 2 heterocycles. The van der Waals surface area contributed by atoms with Crippen molar-refractivity contribution in [1.29, 1.82) is 0 Å². The lowest BCUT2D eigenvalue weighted by Crippen LogP contribution is -2.36. The molecule has 1 aromatic heterocycles.